The van der Waals surface area contributed by atoms with Gasteiger partial charge in [0.05, 0.1) is 4.70 Å². The summed E-state index contributed by atoms with van der Waals surface area (Å²) in [5, 5.41) is 9.58. The molecule has 3 aromatic rings. The van der Waals surface area contributed by atoms with Crippen LogP contribution in [-0.4, -0.2) is 43.1 Å². The second-order valence-electron chi connectivity index (χ2n) is 4.07. The van der Waals surface area contributed by atoms with Gasteiger partial charge in [0, 0.05) is 6.07 Å². The fourth-order valence-corrected chi connectivity index (χ4v) is 3.41. The Morgan fingerprint density at radius 1 is 1.14 bits per heavy atom. The molecule has 1 N–H and O–H groups in total. The Morgan fingerprint density at radius 3 is 2.59 bits per heavy atom. The van der Waals surface area contributed by atoms with Crippen molar-refractivity contribution in [2.45, 2.75) is 4.90 Å². The van der Waals surface area contributed by atoms with E-state index in [-0.39, 0.29) is 45.8 Å². The SMILES string of the molecule is O=c1oc2cc(OS(=O)(=O)c3ccccc3O)ccc2s1.[NaH]. The van der Waals surface area contributed by atoms with Gasteiger partial charge in [0.2, 0.25) is 0 Å². The molecular weight excluding hydrogens is 339 g/mol. The second kappa shape index (κ2) is 6.43. The van der Waals surface area contributed by atoms with Gasteiger partial charge in [0.15, 0.2) is 5.58 Å². The van der Waals surface area contributed by atoms with E-state index in [1.807, 2.05) is 0 Å². The number of hydrogen-bond acceptors (Lipinski definition) is 7. The number of aromatic hydroxyl groups is 1. The van der Waals surface area contributed by atoms with E-state index < -0.39 is 20.8 Å². The predicted molar refractivity (Wildman–Crippen MR) is 83.4 cm³/mol. The molecule has 0 aliphatic rings. The van der Waals surface area contributed by atoms with Gasteiger partial charge < -0.3 is 13.7 Å². The zero-order chi connectivity index (χ0) is 15.0. The fourth-order valence-electron chi connectivity index (χ4n) is 1.74. The van der Waals surface area contributed by atoms with E-state index in [9.17, 15) is 18.3 Å². The summed E-state index contributed by atoms with van der Waals surface area (Å²) in [5.74, 6) is -0.409. The third-order valence-electron chi connectivity index (χ3n) is 2.64. The standard InChI is InChI=1S/C13H8O6S2.Na.H/c14-9-3-1-2-4-12(9)21(16,17)19-8-5-6-11-10(7-8)18-13(15)20-11;;/h1-7,14H;;. The van der Waals surface area contributed by atoms with E-state index in [0.29, 0.717) is 4.70 Å². The van der Waals surface area contributed by atoms with Crippen molar-refractivity contribution in [3.63, 3.8) is 0 Å². The molecule has 0 aliphatic heterocycles. The van der Waals surface area contributed by atoms with E-state index in [0.717, 1.165) is 11.3 Å². The molecule has 0 saturated heterocycles. The molecule has 0 amide bonds. The number of benzene rings is 2. The summed E-state index contributed by atoms with van der Waals surface area (Å²) in [6.45, 7) is 0. The van der Waals surface area contributed by atoms with E-state index in [1.165, 1.54) is 42.5 Å². The molecule has 0 unspecified atom stereocenters. The van der Waals surface area contributed by atoms with Crippen LogP contribution in [0.2, 0.25) is 0 Å². The average Bonchev–Trinajstić information content (AvgIpc) is 2.78. The van der Waals surface area contributed by atoms with Crippen LogP contribution >= 0.6 is 11.3 Å². The summed E-state index contributed by atoms with van der Waals surface area (Å²) in [4.78, 5) is 10.3. The van der Waals surface area contributed by atoms with Gasteiger partial charge in [-0.3, -0.25) is 0 Å². The molecule has 6 nitrogen and oxygen atoms in total. The van der Waals surface area contributed by atoms with Gasteiger partial charge in [-0.15, -0.1) is 0 Å². The first-order valence-electron chi connectivity index (χ1n) is 5.72. The minimum atomic E-state index is -4.17. The van der Waals surface area contributed by atoms with Crippen molar-refractivity contribution in [2.24, 2.45) is 0 Å². The zero-order valence-electron chi connectivity index (χ0n) is 10.3. The number of rotatable bonds is 3. The van der Waals surface area contributed by atoms with Crippen LogP contribution in [0.5, 0.6) is 11.5 Å². The summed E-state index contributed by atoms with van der Waals surface area (Å²) in [6, 6.07) is 9.69. The first-order chi connectivity index (χ1) is 9.95. The van der Waals surface area contributed by atoms with Crippen LogP contribution in [0.25, 0.3) is 10.3 Å². The number of phenolic OH excluding ortho intramolecular Hbond substituents is 1. The molecule has 0 spiro atoms. The zero-order valence-corrected chi connectivity index (χ0v) is 12.0. The van der Waals surface area contributed by atoms with Crippen LogP contribution in [-0.2, 0) is 10.1 Å². The van der Waals surface area contributed by atoms with Crippen LogP contribution < -0.4 is 9.12 Å². The Labute approximate surface area is 151 Å². The Balaban J connectivity index is 0.00000176. The Kier molecular flexibility index (Phi) is 4.98. The van der Waals surface area contributed by atoms with Gasteiger partial charge in [0.25, 0.3) is 0 Å². The molecule has 3 rings (SSSR count). The molecular formula is C13H9NaO6S2. The van der Waals surface area contributed by atoms with Gasteiger partial charge >= 0.3 is 44.6 Å². The molecule has 22 heavy (non-hydrogen) atoms. The Morgan fingerprint density at radius 2 is 1.86 bits per heavy atom. The monoisotopic (exact) mass is 348 g/mol. The summed E-state index contributed by atoms with van der Waals surface area (Å²) in [6.07, 6.45) is 0. The quantitative estimate of drug-likeness (QED) is 0.572. The molecule has 110 valence electrons. The number of para-hydroxylation sites is 1. The van der Waals surface area contributed by atoms with Crippen molar-refractivity contribution < 1.29 is 22.1 Å². The second-order valence-corrected chi connectivity index (χ2v) is 6.56. The van der Waals surface area contributed by atoms with E-state index in [2.05, 4.69) is 0 Å². The van der Waals surface area contributed by atoms with Gasteiger partial charge in [-0.2, -0.15) is 8.42 Å². The van der Waals surface area contributed by atoms with Crippen molar-refractivity contribution in [2.75, 3.05) is 0 Å². The van der Waals surface area contributed by atoms with Gasteiger partial charge in [-0.05, 0) is 24.3 Å². The first kappa shape index (κ1) is 17.0. The molecule has 0 aliphatic carbocycles. The number of fused-ring (bicyclic) bond motifs is 1. The van der Waals surface area contributed by atoms with Crippen molar-refractivity contribution in [1.29, 1.82) is 0 Å². The van der Waals surface area contributed by atoms with Crippen LogP contribution in [0.4, 0.5) is 0 Å². The molecule has 0 fully saturated rings. The summed E-state index contributed by atoms with van der Waals surface area (Å²) in [5.41, 5.74) is 0.245. The number of phenols is 1. The molecule has 0 saturated carbocycles. The summed E-state index contributed by atoms with van der Waals surface area (Å²) >= 11 is 0.910. The van der Waals surface area contributed by atoms with Crippen LogP contribution in [0.3, 0.4) is 0 Å². The van der Waals surface area contributed by atoms with Gasteiger partial charge in [-0.1, -0.05) is 23.5 Å². The van der Waals surface area contributed by atoms with Gasteiger partial charge in [0.1, 0.15) is 16.4 Å². The number of hydrogen-bond donors (Lipinski definition) is 1. The summed E-state index contributed by atoms with van der Waals surface area (Å²) < 4.78 is 34.6. The van der Waals surface area contributed by atoms with Crippen molar-refractivity contribution in [3.8, 4) is 11.5 Å². The topological polar surface area (TPSA) is 93.8 Å². The van der Waals surface area contributed by atoms with E-state index in [4.69, 9.17) is 8.60 Å². The minimum absolute atomic E-state index is 0. The molecule has 2 aromatic carbocycles. The molecule has 0 radical (unpaired) electrons. The first-order valence-corrected chi connectivity index (χ1v) is 7.94. The molecule has 0 atom stereocenters. The molecule has 9 heteroatoms. The van der Waals surface area contributed by atoms with E-state index in [1.54, 1.807) is 0 Å². The molecule has 0 bridgehead atoms. The van der Waals surface area contributed by atoms with Crippen molar-refractivity contribution >= 4 is 61.3 Å². The normalized spacial score (nSPS) is 11.1. The van der Waals surface area contributed by atoms with Crippen molar-refractivity contribution in [3.05, 3.63) is 52.2 Å². The summed E-state index contributed by atoms with van der Waals surface area (Å²) in [7, 11) is -4.17. The maximum atomic E-state index is 12.1. The van der Waals surface area contributed by atoms with Gasteiger partial charge in [-0.25, -0.2) is 4.79 Å². The predicted octanol–water partition coefficient (Wildman–Crippen LogP) is 1.68. The maximum absolute atomic E-state index is 12.1. The average molecular weight is 348 g/mol. The Hall–Kier alpha value is -1.32. The van der Waals surface area contributed by atoms with E-state index >= 15 is 0 Å². The Bertz CT molecular complexity index is 973. The van der Waals surface area contributed by atoms with Crippen LogP contribution in [0, 0.1) is 0 Å². The molecule has 1 aromatic heterocycles. The molecule has 1 heterocycles. The third kappa shape index (κ3) is 3.36. The van der Waals surface area contributed by atoms with Crippen LogP contribution in [0.15, 0.2) is 56.6 Å². The third-order valence-corrected chi connectivity index (χ3v) is 4.75. The van der Waals surface area contributed by atoms with Crippen LogP contribution in [0.1, 0.15) is 0 Å². The van der Waals surface area contributed by atoms with Crippen molar-refractivity contribution in [1.82, 2.24) is 0 Å². The fraction of sp³-hybridized carbons (Fsp3) is 0.